The first kappa shape index (κ1) is 15.7. The Hall–Kier alpha value is -1.34. The summed E-state index contributed by atoms with van der Waals surface area (Å²) in [6.45, 7) is 0. The van der Waals surface area contributed by atoms with Crippen molar-refractivity contribution in [2.75, 3.05) is 0 Å². The minimum absolute atomic E-state index is 0. The third-order valence-electron chi connectivity index (χ3n) is 3.27. The average molecular weight is 276 g/mol. The molecule has 2 rings (SSSR count). The van der Waals surface area contributed by atoms with Crippen LogP contribution in [0.15, 0.2) is 54.9 Å². The van der Waals surface area contributed by atoms with E-state index in [9.17, 15) is 0 Å². The van der Waals surface area contributed by atoms with Crippen LogP contribution in [-0.2, 0) is 12.8 Å². The normalized spacial score (nSPS) is 9.89. The highest BCUT2D eigenvalue weighted by Crippen LogP contribution is 2.10. The maximum absolute atomic E-state index is 4.04. The van der Waals surface area contributed by atoms with Gasteiger partial charge in [-0.1, -0.05) is 43.2 Å². The van der Waals surface area contributed by atoms with Gasteiger partial charge in [0.2, 0.25) is 0 Å². The first-order chi connectivity index (χ1) is 8.95. The molecule has 0 spiro atoms. The van der Waals surface area contributed by atoms with Crippen molar-refractivity contribution in [1.29, 1.82) is 0 Å². The van der Waals surface area contributed by atoms with E-state index in [0.717, 1.165) is 0 Å². The van der Waals surface area contributed by atoms with Crippen LogP contribution < -0.4 is 0 Å². The number of aryl methyl sites for hydroxylation is 2. The summed E-state index contributed by atoms with van der Waals surface area (Å²) in [6, 6.07) is 15.0. The largest absolute Gasteiger partial charge is 0.265 e. The molecule has 0 bridgehead atoms. The molecule has 1 aromatic heterocycles. The number of hydrogen-bond donors (Lipinski definition) is 0. The molecule has 102 valence electrons. The fourth-order valence-electron chi connectivity index (χ4n) is 2.21. The molecule has 0 amide bonds. The van der Waals surface area contributed by atoms with Crippen molar-refractivity contribution in [1.82, 2.24) is 4.98 Å². The number of unbranched alkanes of at least 4 members (excludes halogenated alkanes) is 3. The maximum atomic E-state index is 4.04. The van der Waals surface area contributed by atoms with E-state index in [1.165, 1.54) is 49.7 Å². The van der Waals surface area contributed by atoms with Crippen molar-refractivity contribution in [3.63, 3.8) is 0 Å². The Labute approximate surface area is 122 Å². The van der Waals surface area contributed by atoms with Crippen LogP contribution in [0.1, 0.15) is 36.8 Å². The number of aromatic nitrogens is 1. The lowest BCUT2D eigenvalue weighted by molar-refractivity contribution is 0.640. The summed E-state index contributed by atoms with van der Waals surface area (Å²) in [5, 5.41) is 0. The molecule has 0 saturated carbocycles. The number of benzene rings is 1. The van der Waals surface area contributed by atoms with Gasteiger partial charge in [-0.15, -0.1) is 12.4 Å². The molecule has 0 N–H and O–H groups in total. The molecule has 0 atom stereocenters. The molecule has 0 unspecified atom stereocenters. The molecule has 2 aromatic rings. The quantitative estimate of drug-likeness (QED) is 0.658. The van der Waals surface area contributed by atoms with Crippen LogP contribution in [0.5, 0.6) is 0 Å². The fourth-order valence-corrected chi connectivity index (χ4v) is 2.21. The van der Waals surface area contributed by atoms with Crippen LogP contribution in [-0.4, -0.2) is 4.98 Å². The Kier molecular flexibility index (Phi) is 7.92. The summed E-state index contributed by atoms with van der Waals surface area (Å²) in [4.78, 5) is 4.04. The summed E-state index contributed by atoms with van der Waals surface area (Å²) in [7, 11) is 0. The lowest BCUT2D eigenvalue weighted by Gasteiger charge is -2.02. The van der Waals surface area contributed by atoms with Gasteiger partial charge in [0.1, 0.15) is 0 Å². The van der Waals surface area contributed by atoms with E-state index in [0.29, 0.717) is 0 Å². The van der Waals surface area contributed by atoms with Gasteiger partial charge in [0.05, 0.1) is 0 Å². The van der Waals surface area contributed by atoms with Gasteiger partial charge in [-0.25, -0.2) is 0 Å². The number of halogens is 1. The second kappa shape index (κ2) is 9.57. The van der Waals surface area contributed by atoms with E-state index >= 15 is 0 Å². The van der Waals surface area contributed by atoms with Crippen molar-refractivity contribution in [3.05, 3.63) is 66.0 Å². The molecule has 0 aliphatic rings. The highest BCUT2D eigenvalue weighted by molar-refractivity contribution is 5.85. The predicted octanol–water partition coefficient (Wildman–Crippen LogP) is 4.85. The van der Waals surface area contributed by atoms with Gasteiger partial charge in [-0.2, -0.15) is 0 Å². The summed E-state index contributed by atoms with van der Waals surface area (Å²) >= 11 is 0. The van der Waals surface area contributed by atoms with E-state index in [1.807, 2.05) is 12.4 Å². The molecule has 2 heteroatoms. The van der Waals surface area contributed by atoms with Crippen molar-refractivity contribution >= 4 is 12.4 Å². The smallest absolute Gasteiger partial charge is 0.0270 e. The summed E-state index contributed by atoms with van der Waals surface area (Å²) in [5.74, 6) is 0. The Morgan fingerprint density at radius 1 is 0.632 bits per heavy atom. The van der Waals surface area contributed by atoms with Crippen molar-refractivity contribution in [2.24, 2.45) is 0 Å². The minimum atomic E-state index is 0. The highest BCUT2D eigenvalue weighted by Gasteiger charge is 1.95. The van der Waals surface area contributed by atoms with Gasteiger partial charge in [-0.05, 0) is 48.9 Å². The lowest BCUT2D eigenvalue weighted by atomic mass is 10.0. The zero-order valence-electron chi connectivity index (χ0n) is 11.3. The summed E-state index contributed by atoms with van der Waals surface area (Å²) < 4.78 is 0. The zero-order valence-corrected chi connectivity index (χ0v) is 12.1. The first-order valence-electron chi connectivity index (χ1n) is 6.88. The van der Waals surface area contributed by atoms with Crippen LogP contribution in [0.4, 0.5) is 0 Å². The van der Waals surface area contributed by atoms with Crippen molar-refractivity contribution < 1.29 is 0 Å². The third-order valence-corrected chi connectivity index (χ3v) is 3.27. The number of rotatable bonds is 7. The molecular formula is C17H22ClN. The van der Waals surface area contributed by atoms with E-state index in [2.05, 4.69) is 47.4 Å². The Balaban J connectivity index is 0.00000180. The van der Waals surface area contributed by atoms with Crippen molar-refractivity contribution in [3.8, 4) is 0 Å². The molecule has 0 saturated heterocycles. The van der Waals surface area contributed by atoms with Gasteiger partial charge >= 0.3 is 0 Å². The zero-order chi connectivity index (χ0) is 12.5. The molecule has 0 aliphatic carbocycles. The second-order valence-electron chi connectivity index (χ2n) is 4.76. The predicted molar refractivity (Wildman–Crippen MR) is 83.8 cm³/mol. The SMILES string of the molecule is Cl.c1ccc(CCCCCCc2ccncc2)cc1. The van der Waals surface area contributed by atoms with Gasteiger partial charge < -0.3 is 0 Å². The van der Waals surface area contributed by atoms with Crippen LogP contribution in [0, 0.1) is 0 Å². The Bertz CT molecular complexity index is 384. The Morgan fingerprint density at radius 2 is 1.16 bits per heavy atom. The maximum Gasteiger partial charge on any atom is 0.0270 e. The monoisotopic (exact) mass is 275 g/mol. The van der Waals surface area contributed by atoms with E-state index < -0.39 is 0 Å². The Morgan fingerprint density at radius 3 is 1.74 bits per heavy atom. The summed E-state index contributed by atoms with van der Waals surface area (Å²) in [5.41, 5.74) is 2.87. The first-order valence-corrected chi connectivity index (χ1v) is 6.88. The van der Waals surface area contributed by atoms with Crippen LogP contribution >= 0.6 is 12.4 Å². The molecule has 19 heavy (non-hydrogen) atoms. The van der Waals surface area contributed by atoms with E-state index in [1.54, 1.807) is 0 Å². The van der Waals surface area contributed by atoms with Gasteiger partial charge in [-0.3, -0.25) is 4.98 Å². The molecule has 1 aromatic carbocycles. The van der Waals surface area contributed by atoms with Crippen LogP contribution in [0.2, 0.25) is 0 Å². The summed E-state index contributed by atoms with van der Waals surface area (Å²) in [6.07, 6.45) is 11.4. The molecule has 0 aliphatic heterocycles. The van der Waals surface area contributed by atoms with E-state index in [4.69, 9.17) is 0 Å². The fraction of sp³-hybridized carbons (Fsp3) is 0.353. The van der Waals surface area contributed by atoms with Crippen LogP contribution in [0.25, 0.3) is 0 Å². The number of pyridine rings is 1. The minimum Gasteiger partial charge on any atom is -0.265 e. The topological polar surface area (TPSA) is 12.9 Å². The van der Waals surface area contributed by atoms with Gasteiger partial charge in [0, 0.05) is 12.4 Å². The molecule has 1 nitrogen and oxygen atoms in total. The van der Waals surface area contributed by atoms with Crippen molar-refractivity contribution in [2.45, 2.75) is 38.5 Å². The number of nitrogens with zero attached hydrogens (tertiary/aromatic N) is 1. The molecule has 0 radical (unpaired) electrons. The number of hydrogen-bond acceptors (Lipinski definition) is 1. The lowest BCUT2D eigenvalue weighted by Crippen LogP contribution is -1.88. The van der Waals surface area contributed by atoms with E-state index in [-0.39, 0.29) is 12.4 Å². The molecule has 0 fully saturated rings. The average Bonchev–Trinajstić information content (AvgIpc) is 2.45. The molecular weight excluding hydrogens is 254 g/mol. The second-order valence-corrected chi connectivity index (χ2v) is 4.76. The van der Waals surface area contributed by atoms with Crippen LogP contribution in [0.3, 0.4) is 0 Å². The standard InChI is InChI=1S/C17H21N.ClH/c1(4-8-16-9-6-3-7-10-16)2-5-11-17-12-14-18-15-13-17;/h3,6-7,9-10,12-15H,1-2,4-5,8,11H2;1H. The van der Waals surface area contributed by atoms with Gasteiger partial charge in [0.15, 0.2) is 0 Å². The van der Waals surface area contributed by atoms with Gasteiger partial charge in [0.25, 0.3) is 0 Å². The molecule has 1 heterocycles. The third kappa shape index (κ3) is 6.40. The highest BCUT2D eigenvalue weighted by atomic mass is 35.5.